The summed E-state index contributed by atoms with van der Waals surface area (Å²) in [5.41, 5.74) is 0. The predicted octanol–water partition coefficient (Wildman–Crippen LogP) is 4.36. The Hall–Kier alpha value is -0.700. The van der Waals surface area contributed by atoms with Gasteiger partial charge >= 0.3 is 0 Å². The first-order chi connectivity index (χ1) is 8.84. The van der Waals surface area contributed by atoms with E-state index in [9.17, 15) is 0 Å². The standard InChI is InChI=1S/C14H21ClN2O/c15-14-13(18-12-8-4-5-9-12)10-16-17(14)11-6-2-1-3-7-11/h10-12H,1-9H2. The van der Waals surface area contributed by atoms with E-state index >= 15 is 0 Å². The van der Waals surface area contributed by atoms with Gasteiger partial charge in [-0.15, -0.1) is 0 Å². The van der Waals surface area contributed by atoms with E-state index in [0.717, 1.165) is 18.6 Å². The van der Waals surface area contributed by atoms with E-state index in [1.165, 1.54) is 44.9 Å². The van der Waals surface area contributed by atoms with Gasteiger partial charge in [-0.1, -0.05) is 30.9 Å². The smallest absolute Gasteiger partial charge is 0.176 e. The number of aromatic nitrogens is 2. The summed E-state index contributed by atoms with van der Waals surface area (Å²) in [6.45, 7) is 0. The molecular formula is C14H21ClN2O. The lowest BCUT2D eigenvalue weighted by Gasteiger charge is -2.22. The van der Waals surface area contributed by atoms with E-state index in [4.69, 9.17) is 16.3 Å². The first-order valence-corrected chi connectivity index (χ1v) is 7.62. The molecule has 0 bridgehead atoms. The molecule has 0 amide bonds. The van der Waals surface area contributed by atoms with Crippen LogP contribution in [0.2, 0.25) is 5.15 Å². The van der Waals surface area contributed by atoms with Crippen LogP contribution >= 0.6 is 11.6 Å². The third kappa shape index (κ3) is 2.51. The van der Waals surface area contributed by atoms with Crippen LogP contribution in [0, 0.1) is 0 Å². The van der Waals surface area contributed by atoms with Crippen molar-refractivity contribution in [1.29, 1.82) is 0 Å². The average molecular weight is 269 g/mol. The summed E-state index contributed by atoms with van der Waals surface area (Å²) in [5, 5.41) is 5.14. The Balaban J connectivity index is 1.70. The minimum Gasteiger partial charge on any atom is -0.486 e. The zero-order valence-electron chi connectivity index (χ0n) is 10.8. The fourth-order valence-electron chi connectivity index (χ4n) is 3.18. The second kappa shape index (κ2) is 5.52. The van der Waals surface area contributed by atoms with Gasteiger partial charge in [0.2, 0.25) is 0 Å². The van der Waals surface area contributed by atoms with Crippen LogP contribution in [-0.4, -0.2) is 15.9 Å². The highest BCUT2D eigenvalue weighted by Crippen LogP contribution is 2.35. The number of halogens is 1. The van der Waals surface area contributed by atoms with Crippen molar-refractivity contribution in [2.24, 2.45) is 0 Å². The molecule has 1 aromatic rings. The van der Waals surface area contributed by atoms with Crippen LogP contribution in [0.15, 0.2) is 6.20 Å². The SMILES string of the molecule is Clc1c(OC2CCCC2)cnn1C1CCCCC1. The summed E-state index contributed by atoms with van der Waals surface area (Å²) in [6, 6.07) is 0.479. The van der Waals surface area contributed by atoms with Gasteiger partial charge in [-0.3, -0.25) is 0 Å². The zero-order valence-corrected chi connectivity index (χ0v) is 11.5. The summed E-state index contributed by atoms with van der Waals surface area (Å²) >= 11 is 6.41. The molecule has 1 aromatic heterocycles. The van der Waals surface area contributed by atoms with E-state index in [0.29, 0.717) is 17.3 Å². The summed E-state index contributed by atoms with van der Waals surface area (Å²) in [7, 11) is 0. The lowest BCUT2D eigenvalue weighted by molar-refractivity contribution is 0.209. The van der Waals surface area contributed by atoms with Crippen molar-refractivity contribution in [1.82, 2.24) is 9.78 Å². The highest BCUT2D eigenvalue weighted by atomic mass is 35.5. The van der Waals surface area contributed by atoms with Crippen LogP contribution in [0.25, 0.3) is 0 Å². The number of ether oxygens (including phenoxy) is 1. The second-order valence-corrected chi connectivity index (χ2v) is 5.92. The number of hydrogen-bond acceptors (Lipinski definition) is 2. The van der Waals surface area contributed by atoms with Crippen LogP contribution < -0.4 is 4.74 Å². The van der Waals surface area contributed by atoms with E-state index in [2.05, 4.69) is 5.10 Å². The van der Waals surface area contributed by atoms with Gasteiger partial charge in [-0.2, -0.15) is 5.10 Å². The summed E-state index contributed by atoms with van der Waals surface area (Å²) in [6.07, 6.45) is 13.4. The number of rotatable bonds is 3. The fraction of sp³-hybridized carbons (Fsp3) is 0.786. The van der Waals surface area contributed by atoms with Crippen molar-refractivity contribution in [2.45, 2.75) is 69.9 Å². The van der Waals surface area contributed by atoms with E-state index in [1.54, 1.807) is 6.20 Å². The molecule has 100 valence electrons. The van der Waals surface area contributed by atoms with Gasteiger partial charge in [0.25, 0.3) is 0 Å². The van der Waals surface area contributed by atoms with Gasteiger partial charge in [-0.05, 0) is 38.5 Å². The summed E-state index contributed by atoms with van der Waals surface area (Å²) in [5.74, 6) is 0.786. The van der Waals surface area contributed by atoms with Crippen molar-refractivity contribution >= 4 is 11.6 Å². The van der Waals surface area contributed by atoms with Gasteiger partial charge in [0.05, 0.1) is 18.3 Å². The molecule has 0 N–H and O–H groups in total. The predicted molar refractivity (Wildman–Crippen MR) is 72.2 cm³/mol. The lowest BCUT2D eigenvalue weighted by atomic mass is 9.96. The molecule has 2 fully saturated rings. The molecule has 3 nitrogen and oxygen atoms in total. The molecule has 3 rings (SSSR count). The van der Waals surface area contributed by atoms with Crippen LogP contribution in [0.3, 0.4) is 0 Å². The van der Waals surface area contributed by atoms with E-state index < -0.39 is 0 Å². The Morgan fingerprint density at radius 2 is 1.72 bits per heavy atom. The maximum absolute atomic E-state index is 6.41. The first kappa shape index (κ1) is 12.3. The molecule has 0 saturated heterocycles. The number of nitrogens with zero attached hydrogens (tertiary/aromatic N) is 2. The molecule has 0 spiro atoms. The van der Waals surface area contributed by atoms with Crippen molar-refractivity contribution < 1.29 is 4.74 Å². The molecule has 2 aliphatic carbocycles. The Labute approximate surface area is 113 Å². The molecule has 0 radical (unpaired) electrons. The largest absolute Gasteiger partial charge is 0.486 e. The molecule has 1 heterocycles. The third-order valence-corrected chi connectivity index (χ3v) is 4.58. The molecule has 2 saturated carbocycles. The van der Waals surface area contributed by atoms with Crippen molar-refractivity contribution in [3.63, 3.8) is 0 Å². The molecule has 0 unspecified atom stereocenters. The highest BCUT2D eigenvalue weighted by molar-refractivity contribution is 6.31. The maximum atomic E-state index is 6.41. The second-order valence-electron chi connectivity index (χ2n) is 5.56. The highest BCUT2D eigenvalue weighted by Gasteiger charge is 2.23. The lowest BCUT2D eigenvalue weighted by Crippen LogP contribution is -2.14. The van der Waals surface area contributed by atoms with Crippen molar-refractivity contribution in [3.8, 4) is 5.75 Å². The first-order valence-electron chi connectivity index (χ1n) is 7.24. The Kier molecular flexibility index (Phi) is 3.78. The Bertz CT molecular complexity index is 392. The molecule has 2 aliphatic rings. The molecular weight excluding hydrogens is 248 g/mol. The third-order valence-electron chi connectivity index (χ3n) is 4.22. The van der Waals surface area contributed by atoms with Crippen LogP contribution in [0.1, 0.15) is 63.8 Å². The van der Waals surface area contributed by atoms with Crippen molar-refractivity contribution in [3.05, 3.63) is 11.3 Å². The van der Waals surface area contributed by atoms with E-state index in [-0.39, 0.29) is 0 Å². The zero-order chi connectivity index (χ0) is 12.4. The summed E-state index contributed by atoms with van der Waals surface area (Å²) < 4.78 is 7.94. The fourth-order valence-corrected chi connectivity index (χ4v) is 3.45. The average Bonchev–Trinajstić information content (AvgIpc) is 3.03. The van der Waals surface area contributed by atoms with E-state index in [1.807, 2.05) is 4.68 Å². The Morgan fingerprint density at radius 1 is 1.06 bits per heavy atom. The molecule has 18 heavy (non-hydrogen) atoms. The maximum Gasteiger partial charge on any atom is 0.176 e. The topological polar surface area (TPSA) is 27.1 Å². The minimum atomic E-state index is 0.353. The van der Waals surface area contributed by atoms with Crippen LogP contribution in [0.5, 0.6) is 5.75 Å². The summed E-state index contributed by atoms with van der Waals surface area (Å²) in [4.78, 5) is 0. The Morgan fingerprint density at radius 3 is 2.44 bits per heavy atom. The number of hydrogen-bond donors (Lipinski definition) is 0. The van der Waals surface area contributed by atoms with Gasteiger partial charge < -0.3 is 4.74 Å². The van der Waals surface area contributed by atoms with Crippen molar-refractivity contribution in [2.75, 3.05) is 0 Å². The quantitative estimate of drug-likeness (QED) is 0.814. The van der Waals surface area contributed by atoms with Gasteiger partial charge in [-0.25, -0.2) is 4.68 Å². The van der Waals surface area contributed by atoms with Gasteiger partial charge in [0.15, 0.2) is 10.9 Å². The molecule has 0 aromatic carbocycles. The molecule has 0 aliphatic heterocycles. The van der Waals surface area contributed by atoms with Crippen LogP contribution in [0.4, 0.5) is 0 Å². The van der Waals surface area contributed by atoms with Crippen LogP contribution in [-0.2, 0) is 0 Å². The minimum absolute atomic E-state index is 0.353. The molecule has 0 atom stereocenters. The monoisotopic (exact) mass is 268 g/mol. The normalized spacial score (nSPS) is 22.5. The van der Waals surface area contributed by atoms with Gasteiger partial charge in [0.1, 0.15) is 0 Å². The molecule has 4 heteroatoms. The van der Waals surface area contributed by atoms with Gasteiger partial charge in [0, 0.05) is 0 Å².